The van der Waals surface area contributed by atoms with Crippen LogP contribution < -0.4 is 5.32 Å². The fraction of sp³-hybridized carbons (Fsp3) is 0.588. The van der Waals surface area contributed by atoms with Gasteiger partial charge in [-0.1, -0.05) is 12.5 Å². The number of nitrogens with one attached hydrogen (secondary N) is 1. The van der Waals surface area contributed by atoms with Crippen molar-refractivity contribution in [2.75, 3.05) is 33.2 Å². The van der Waals surface area contributed by atoms with E-state index in [1.54, 1.807) is 30.1 Å². The van der Waals surface area contributed by atoms with Gasteiger partial charge in [0.05, 0.1) is 4.90 Å². The minimum atomic E-state index is -3.51. The Bertz CT molecular complexity index is 699. The summed E-state index contributed by atoms with van der Waals surface area (Å²) in [6.07, 6.45) is 3.79. The number of hydrogen-bond acceptors (Lipinski definition) is 4. The van der Waals surface area contributed by atoms with Gasteiger partial charge in [-0.15, -0.1) is 12.4 Å². The lowest BCUT2D eigenvalue weighted by molar-refractivity contribution is 0.0743. The largest absolute Gasteiger partial charge is 0.337 e. The fourth-order valence-corrected chi connectivity index (χ4v) is 4.95. The van der Waals surface area contributed by atoms with Crippen molar-refractivity contribution in [1.29, 1.82) is 0 Å². The molecule has 0 aromatic heterocycles. The van der Waals surface area contributed by atoms with Crippen LogP contribution in [-0.2, 0) is 10.0 Å². The highest BCUT2D eigenvalue weighted by atomic mass is 35.5. The highest BCUT2D eigenvalue weighted by Crippen LogP contribution is 2.22. The van der Waals surface area contributed by atoms with Crippen molar-refractivity contribution in [3.63, 3.8) is 0 Å². The van der Waals surface area contributed by atoms with E-state index in [1.165, 1.54) is 10.4 Å². The molecule has 2 aliphatic heterocycles. The maximum Gasteiger partial charge on any atom is 0.253 e. The molecule has 25 heavy (non-hydrogen) atoms. The molecule has 0 aliphatic carbocycles. The number of benzene rings is 1. The zero-order chi connectivity index (χ0) is 17.2. The molecule has 1 N–H and O–H groups in total. The number of likely N-dealkylation sites (N-methyl/N-ethyl adjacent to an activating group) is 1. The molecule has 3 rings (SSSR count). The number of rotatable bonds is 4. The van der Waals surface area contributed by atoms with Crippen molar-refractivity contribution in [3.05, 3.63) is 29.8 Å². The molecule has 1 aromatic rings. The highest BCUT2D eigenvalue weighted by molar-refractivity contribution is 7.89. The zero-order valence-corrected chi connectivity index (χ0v) is 16.1. The number of carbonyl (C=O) groups is 1. The first kappa shape index (κ1) is 20.2. The molecule has 6 nitrogen and oxygen atoms in total. The van der Waals surface area contributed by atoms with E-state index in [0.717, 1.165) is 38.8 Å². The van der Waals surface area contributed by atoms with Gasteiger partial charge in [-0.05, 0) is 44.0 Å². The summed E-state index contributed by atoms with van der Waals surface area (Å²) < 4.78 is 27.1. The zero-order valence-electron chi connectivity index (χ0n) is 14.5. The summed E-state index contributed by atoms with van der Waals surface area (Å²) in [6, 6.07) is 6.62. The molecule has 1 aromatic carbocycles. The lowest BCUT2D eigenvalue weighted by Gasteiger charge is -2.26. The summed E-state index contributed by atoms with van der Waals surface area (Å²) in [5.74, 6) is -0.126. The van der Waals surface area contributed by atoms with E-state index in [9.17, 15) is 13.2 Å². The molecule has 2 aliphatic rings. The van der Waals surface area contributed by atoms with Crippen LogP contribution >= 0.6 is 12.4 Å². The van der Waals surface area contributed by atoms with Crippen LogP contribution in [0.25, 0.3) is 0 Å². The first-order chi connectivity index (χ1) is 11.5. The number of carbonyl (C=O) groups excluding carboxylic acids is 1. The predicted octanol–water partition coefficient (Wildman–Crippen LogP) is 1.72. The summed E-state index contributed by atoms with van der Waals surface area (Å²) >= 11 is 0. The standard InChI is InChI=1S/C17H25N3O3S.ClH/c1-19(15-8-9-18-13-15)17(21)14-6-5-7-16(12-14)24(22,23)20-10-3-2-4-11-20;/h5-7,12,15,18H,2-4,8-11,13H2,1H3;1H. The van der Waals surface area contributed by atoms with Crippen LogP contribution in [-0.4, -0.2) is 62.8 Å². The maximum atomic E-state index is 12.8. The fourth-order valence-electron chi connectivity index (χ4n) is 3.38. The van der Waals surface area contributed by atoms with Crippen LogP contribution in [0.2, 0.25) is 0 Å². The van der Waals surface area contributed by atoms with E-state index < -0.39 is 10.0 Å². The molecule has 0 spiro atoms. The Kier molecular flexibility index (Phi) is 6.85. The van der Waals surface area contributed by atoms with Crippen LogP contribution in [0.15, 0.2) is 29.2 Å². The van der Waals surface area contributed by atoms with Crippen LogP contribution in [0.3, 0.4) is 0 Å². The molecular formula is C17H26ClN3O3S. The van der Waals surface area contributed by atoms with Crippen LogP contribution in [0.4, 0.5) is 0 Å². The first-order valence-electron chi connectivity index (χ1n) is 8.58. The number of nitrogens with zero attached hydrogens (tertiary/aromatic N) is 2. The Hall–Kier alpha value is -1.15. The van der Waals surface area contributed by atoms with Crippen molar-refractivity contribution in [3.8, 4) is 0 Å². The SMILES string of the molecule is CN(C(=O)c1cccc(S(=O)(=O)N2CCCCC2)c1)C1CCNC1.Cl. The minimum Gasteiger partial charge on any atom is -0.337 e. The summed E-state index contributed by atoms with van der Waals surface area (Å²) in [6.45, 7) is 2.82. The molecule has 140 valence electrons. The van der Waals surface area contributed by atoms with E-state index in [2.05, 4.69) is 5.32 Å². The van der Waals surface area contributed by atoms with Gasteiger partial charge >= 0.3 is 0 Å². The van der Waals surface area contributed by atoms with Crippen molar-refractivity contribution >= 4 is 28.3 Å². The number of piperidine rings is 1. The smallest absolute Gasteiger partial charge is 0.253 e. The summed E-state index contributed by atoms with van der Waals surface area (Å²) in [7, 11) is -1.73. The lowest BCUT2D eigenvalue weighted by Crippen LogP contribution is -2.38. The molecule has 0 saturated carbocycles. The third kappa shape index (κ3) is 4.34. The second-order valence-electron chi connectivity index (χ2n) is 6.56. The Morgan fingerprint density at radius 3 is 2.60 bits per heavy atom. The Balaban J connectivity index is 0.00000225. The highest BCUT2D eigenvalue weighted by Gasteiger charge is 2.28. The van der Waals surface area contributed by atoms with Gasteiger partial charge in [0.15, 0.2) is 0 Å². The van der Waals surface area contributed by atoms with E-state index in [0.29, 0.717) is 18.7 Å². The first-order valence-corrected chi connectivity index (χ1v) is 10.0. The molecule has 0 bridgehead atoms. The van der Waals surface area contributed by atoms with Gasteiger partial charge in [0.25, 0.3) is 5.91 Å². The quantitative estimate of drug-likeness (QED) is 0.854. The molecule has 1 unspecified atom stereocenters. The average molecular weight is 388 g/mol. The van der Waals surface area contributed by atoms with Crippen molar-refractivity contribution in [1.82, 2.24) is 14.5 Å². The van der Waals surface area contributed by atoms with Crippen molar-refractivity contribution in [2.24, 2.45) is 0 Å². The number of amides is 1. The van der Waals surface area contributed by atoms with Crippen molar-refractivity contribution in [2.45, 2.75) is 36.6 Å². The van der Waals surface area contributed by atoms with E-state index in [1.807, 2.05) is 0 Å². The molecule has 2 heterocycles. The topological polar surface area (TPSA) is 69.7 Å². The lowest BCUT2D eigenvalue weighted by atomic mass is 10.1. The maximum absolute atomic E-state index is 12.8. The van der Waals surface area contributed by atoms with Gasteiger partial charge in [0.2, 0.25) is 10.0 Å². The number of halogens is 1. The van der Waals surface area contributed by atoms with Gasteiger partial charge in [-0.25, -0.2) is 8.42 Å². The predicted molar refractivity (Wildman–Crippen MR) is 99.7 cm³/mol. The average Bonchev–Trinajstić information content (AvgIpc) is 3.16. The Labute approximate surface area is 156 Å². The van der Waals surface area contributed by atoms with E-state index in [4.69, 9.17) is 0 Å². The van der Waals surface area contributed by atoms with E-state index >= 15 is 0 Å². The number of hydrogen-bond donors (Lipinski definition) is 1. The van der Waals surface area contributed by atoms with Gasteiger partial charge in [-0.2, -0.15) is 4.31 Å². The van der Waals surface area contributed by atoms with Gasteiger partial charge in [-0.3, -0.25) is 4.79 Å². The molecule has 2 saturated heterocycles. The summed E-state index contributed by atoms with van der Waals surface area (Å²) in [5, 5.41) is 3.24. The normalized spacial score (nSPS) is 21.6. The van der Waals surface area contributed by atoms with Gasteiger partial charge in [0.1, 0.15) is 0 Å². The molecule has 8 heteroatoms. The van der Waals surface area contributed by atoms with Crippen LogP contribution in [0.5, 0.6) is 0 Å². The monoisotopic (exact) mass is 387 g/mol. The van der Waals surface area contributed by atoms with Crippen molar-refractivity contribution < 1.29 is 13.2 Å². The molecule has 1 atom stereocenters. The third-order valence-corrected chi connectivity index (χ3v) is 6.83. The second kappa shape index (κ2) is 8.49. The summed E-state index contributed by atoms with van der Waals surface area (Å²) in [4.78, 5) is 14.6. The van der Waals surface area contributed by atoms with Gasteiger partial charge in [0, 0.05) is 38.3 Å². The minimum absolute atomic E-state index is 0. The third-order valence-electron chi connectivity index (χ3n) is 4.94. The van der Waals surface area contributed by atoms with Gasteiger partial charge < -0.3 is 10.2 Å². The second-order valence-corrected chi connectivity index (χ2v) is 8.49. The van der Waals surface area contributed by atoms with E-state index in [-0.39, 0.29) is 29.3 Å². The molecular weight excluding hydrogens is 362 g/mol. The molecule has 2 fully saturated rings. The Morgan fingerprint density at radius 2 is 1.96 bits per heavy atom. The van der Waals surface area contributed by atoms with Crippen LogP contribution in [0.1, 0.15) is 36.0 Å². The number of sulfonamides is 1. The van der Waals surface area contributed by atoms with Crippen LogP contribution in [0, 0.1) is 0 Å². The Morgan fingerprint density at radius 1 is 1.24 bits per heavy atom. The molecule has 1 amide bonds. The summed E-state index contributed by atoms with van der Waals surface area (Å²) in [5.41, 5.74) is 0.433. The molecule has 0 radical (unpaired) electrons.